The summed E-state index contributed by atoms with van der Waals surface area (Å²) in [6, 6.07) is 8.39. The molecule has 0 bridgehead atoms. The van der Waals surface area contributed by atoms with Crippen LogP contribution in [-0.2, 0) is 25.9 Å². The van der Waals surface area contributed by atoms with Crippen molar-refractivity contribution in [3.8, 4) is 0 Å². The molecular weight excluding hydrogens is 322 g/mol. The van der Waals surface area contributed by atoms with Gasteiger partial charge in [-0.25, -0.2) is 4.98 Å². The van der Waals surface area contributed by atoms with E-state index in [1.807, 2.05) is 18.5 Å². The summed E-state index contributed by atoms with van der Waals surface area (Å²) >= 11 is 0. The van der Waals surface area contributed by atoms with Crippen LogP contribution in [0.3, 0.4) is 0 Å². The number of ketones is 1. The zero-order valence-corrected chi connectivity index (χ0v) is 15.7. The van der Waals surface area contributed by atoms with E-state index >= 15 is 0 Å². The van der Waals surface area contributed by atoms with Gasteiger partial charge >= 0.3 is 0 Å². The maximum atomic E-state index is 13.4. The number of aryl methyl sites for hydroxylation is 2. The van der Waals surface area contributed by atoms with Crippen LogP contribution in [0.2, 0.25) is 0 Å². The number of aromatic nitrogens is 3. The second-order valence-corrected chi connectivity index (χ2v) is 7.34. The summed E-state index contributed by atoms with van der Waals surface area (Å²) in [6.45, 7) is 6.10. The van der Waals surface area contributed by atoms with Crippen LogP contribution >= 0.6 is 0 Å². The maximum Gasteiger partial charge on any atom is 0.170 e. The van der Waals surface area contributed by atoms with E-state index in [4.69, 9.17) is 0 Å². The van der Waals surface area contributed by atoms with Gasteiger partial charge in [0.15, 0.2) is 5.78 Å². The molecule has 0 spiro atoms. The average Bonchev–Trinajstić information content (AvgIpc) is 3.21. The molecule has 1 aliphatic carbocycles. The Kier molecular flexibility index (Phi) is 4.66. The van der Waals surface area contributed by atoms with Gasteiger partial charge in [0.2, 0.25) is 0 Å². The second-order valence-electron chi connectivity index (χ2n) is 7.34. The SMILES string of the molecule is CCCc1nccn1CC1CCc2c(c3ccccc3n2CCC)C1=O. The molecule has 1 aromatic carbocycles. The number of fused-ring (bicyclic) bond motifs is 3. The van der Waals surface area contributed by atoms with Crippen LogP contribution in [0.4, 0.5) is 0 Å². The zero-order chi connectivity index (χ0) is 18.1. The van der Waals surface area contributed by atoms with Crippen LogP contribution in [0.1, 0.15) is 55.0 Å². The van der Waals surface area contributed by atoms with Crippen LogP contribution in [0.5, 0.6) is 0 Å². The van der Waals surface area contributed by atoms with Gasteiger partial charge in [0, 0.05) is 60.0 Å². The number of benzene rings is 1. The predicted molar refractivity (Wildman–Crippen MR) is 105 cm³/mol. The van der Waals surface area contributed by atoms with E-state index in [1.54, 1.807) is 0 Å². The summed E-state index contributed by atoms with van der Waals surface area (Å²) in [5.41, 5.74) is 3.43. The Bertz CT molecular complexity index is 934. The number of carbonyl (C=O) groups is 1. The summed E-state index contributed by atoms with van der Waals surface area (Å²) in [7, 11) is 0. The van der Waals surface area contributed by atoms with Gasteiger partial charge in [-0.15, -0.1) is 0 Å². The lowest BCUT2D eigenvalue weighted by molar-refractivity contribution is 0.0887. The zero-order valence-electron chi connectivity index (χ0n) is 15.7. The Labute approximate surface area is 154 Å². The minimum absolute atomic E-state index is 0.0492. The van der Waals surface area contributed by atoms with E-state index in [0.29, 0.717) is 5.78 Å². The van der Waals surface area contributed by atoms with E-state index < -0.39 is 0 Å². The lowest BCUT2D eigenvalue weighted by Gasteiger charge is -2.24. The largest absolute Gasteiger partial charge is 0.344 e. The quantitative estimate of drug-likeness (QED) is 0.650. The molecule has 136 valence electrons. The first kappa shape index (κ1) is 17.1. The molecule has 0 amide bonds. The minimum atomic E-state index is 0.0492. The van der Waals surface area contributed by atoms with Crippen molar-refractivity contribution < 1.29 is 4.79 Å². The second kappa shape index (κ2) is 7.10. The number of hydrogen-bond donors (Lipinski definition) is 0. The summed E-state index contributed by atoms with van der Waals surface area (Å²) < 4.78 is 4.56. The third kappa shape index (κ3) is 2.77. The van der Waals surface area contributed by atoms with Gasteiger partial charge in [-0.1, -0.05) is 32.0 Å². The summed E-state index contributed by atoms with van der Waals surface area (Å²) in [5, 5.41) is 1.13. The predicted octanol–water partition coefficient (Wildman–Crippen LogP) is 4.65. The number of carbonyl (C=O) groups excluding carboxylic acids is 1. The molecule has 0 saturated carbocycles. The van der Waals surface area contributed by atoms with Crippen molar-refractivity contribution in [1.82, 2.24) is 14.1 Å². The number of nitrogens with zero attached hydrogens (tertiary/aromatic N) is 3. The van der Waals surface area contributed by atoms with Gasteiger partial charge in [-0.05, 0) is 31.7 Å². The van der Waals surface area contributed by atoms with Crippen molar-refractivity contribution in [3.05, 3.63) is 53.7 Å². The van der Waals surface area contributed by atoms with Crippen LogP contribution in [-0.4, -0.2) is 19.9 Å². The molecule has 0 radical (unpaired) electrons. The van der Waals surface area contributed by atoms with E-state index in [9.17, 15) is 4.79 Å². The van der Waals surface area contributed by atoms with Crippen molar-refractivity contribution in [1.29, 1.82) is 0 Å². The average molecular weight is 349 g/mol. The topological polar surface area (TPSA) is 39.8 Å². The van der Waals surface area contributed by atoms with E-state index in [1.165, 1.54) is 11.2 Å². The highest BCUT2D eigenvalue weighted by Crippen LogP contribution is 2.35. The Hall–Kier alpha value is -2.36. The van der Waals surface area contributed by atoms with Crippen molar-refractivity contribution in [2.45, 2.75) is 59.0 Å². The number of Topliss-reactive ketones (excluding diaryl/α,β-unsaturated/α-hetero) is 1. The molecule has 0 fully saturated rings. The number of hydrogen-bond acceptors (Lipinski definition) is 2. The molecule has 1 atom stereocenters. The van der Waals surface area contributed by atoms with Crippen LogP contribution in [0, 0.1) is 5.92 Å². The fourth-order valence-corrected chi connectivity index (χ4v) is 4.39. The summed E-state index contributed by atoms with van der Waals surface area (Å²) in [4.78, 5) is 17.9. The van der Waals surface area contributed by atoms with Gasteiger partial charge in [-0.2, -0.15) is 0 Å². The van der Waals surface area contributed by atoms with Crippen molar-refractivity contribution in [2.75, 3.05) is 0 Å². The number of rotatable bonds is 6. The molecule has 0 saturated heterocycles. The first-order valence-electron chi connectivity index (χ1n) is 9.88. The van der Waals surface area contributed by atoms with Crippen molar-refractivity contribution in [3.63, 3.8) is 0 Å². The third-order valence-electron chi connectivity index (χ3n) is 5.56. The lowest BCUT2D eigenvalue weighted by atomic mass is 9.85. The Morgan fingerprint density at radius 2 is 2.04 bits per heavy atom. The Morgan fingerprint density at radius 3 is 2.85 bits per heavy atom. The fraction of sp³-hybridized carbons (Fsp3) is 0.455. The molecule has 3 aromatic rings. The molecule has 2 heterocycles. The van der Waals surface area contributed by atoms with Crippen LogP contribution in [0.15, 0.2) is 36.7 Å². The molecule has 2 aromatic heterocycles. The monoisotopic (exact) mass is 349 g/mol. The first-order valence-corrected chi connectivity index (χ1v) is 9.88. The molecule has 1 unspecified atom stereocenters. The van der Waals surface area contributed by atoms with Gasteiger partial charge in [0.1, 0.15) is 5.82 Å². The highest BCUT2D eigenvalue weighted by Gasteiger charge is 2.32. The van der Waals surface area contributed by atoms with Gasteiger partial charge in [0.25, 0.3) is 0 Å². The van der Waals surface area contributed by atoms with E-state index in [2.05, 4.69) is 46.2 Å². The smallest absolute Gasteiger partial charge is 0.170 e. The van der Waals surface area contributed by atoms with Crippen LogP contribution in [0.25, 0.3) is 10.9 Å². The van der Waals surface area contributed by atoms with Gasteiger partial charge in [-0.3, -0.25) is 4.79 Å². The molecule has 0 N–H and O–H groups in total. The van der Waals surface area contributed by atoms with E-state index in [-0.39, 0.29) is 5.92 Å². The van der Waals surface area contributed by atoms with Gasteiger partial charge in [0.05, 0.1) is 0 Å². The fourth-order valence-electron chi connectivity index (χ4n) is 4.39. The molecule has 1 aliphatic rings. The lowest BCUT2D eigenvalue weighted by Crippen LogP contribution is -2.27. The van der Waals surface area contributed by atoms with Crippen molar-refractivity contribution >= 4 is 16.7 Å². The maximum absolute atomic E-state index is 13.4. The van der Waals surface area contributed by atoms with E-state index in [0.717, 1.165) is 62.0 Å². The molecule has 4 rings (SSSR count). The highest BCUT2D eigenvalue weighted by atomic mass is 16.1. The molecule has 4 nitrogen and oxygen atoms in total. The summed E-state index contributed by atoms with van der Waals surface area (Å²) in [6.07, 6.45) is 8.91. The number of imidazole rings is 1. The molecule has 26 heavy (non-hydrogen) atoms. The van der Waals surface area contributed by atoms with Gasteiger partial charge < -0.3 is 9.13 Å². The minimum Gasteiger partial charge on any atom is -0.344 e. The third-order valence-corrected chi connectivity index (χ3v) is 5.56. The Morgan fingerprint density at radius 1 is 1.19 bits per heavy atom. The Balaban J connectivity index is 1.70. The molecule has 0 aliphatic heterocycles. The molecular formula is C22H27N3O. The normalized spacial score (nSPS) is 17.0. The van der Waals surface area contributed by atoms with Crippen LogP contribution < -0.4 is 0 Å². The highest BCUT2D eigenvalue weighted by molar-refractivity contribution is 6.11. The van der Waals surface area contributed by atoms with Crippen molar-refractivity contribution in [2.24, 2.45) is 5.92 Å². The number of para-hydroxylation sites is 1. The molecule has 4 heteroatoms. The standard InChI is InChI=1S/C22H27N3O/c1-3-7-20-23-12-14-24(20)15-16-10-11-19-21(22(16)26)17-8-5-6-9-18(17)25(19)13-4-2/h5-6,8-9,12,14,16H,3-4,7,10-11,13,15H2,1-2H3. The summed E-state index contributed by atoms with van der Waals surface area (Å²) in [5.74, 6) is 1.46. The first-order chi connectivity index (χ1) is 12.7.